The molecule has 0 fully saturated rings. The molecule has 0 saturated heterocycles. The Kier molecular flexibility index (Phi) is 3.27. The van der Waals surface area contributed by atoms with Crippen LogP contribution in [0.3, 0.4) is 0 Å². The van der Waals surface area contributed by atoms with Gasteiger partial charge in [-0.05, 0) is 26.0 Å². The van der Waals surface area contributed by atoms with Crippen LogP contribution >= 0.6 is 0 Å². The molecule has 0 unspecified atom stereocenters. The Morgan fingerprint density at radius 2 is 2.35 bits per heavy atom. The second kappa shape index (κ2) is 4.86. The van der Waals surface area contributed by atoms with Crippen LogP contribution in [0.5, 0.6) is 0 Å². The van der Waals surface area contributed by atoms with Gasteiger partial charge in [-0.3, -0.25) is 9.89 Å². The molecule has 1 amide bonds. The molecule has 17 heavy (non-hydrogen) atoms. The Balaban J connectivity index is 1.89. The average Bonchev–Trinajstić information content (AvgIpc) is 2.91. The third-order valence-corrected chi connectivity index (χ3v) is 2.57. The number of aromatic amines is 1. The van der Waals surface area contributed by atoms with Gasteiger partial charge in [-0.2, -0.15) is 5.10 Å². The monoisotopic (exact) mass is 233 g/mol. The molecule has 0 atom stereocenters. The van der Waals surface area contributed by atoms with Crippen molar-refractivity contribution in [3.8, 4) is 0 Å². The summed E-state index contributed by atoms with van der Waals surface area (Å²) in [6.07, 6.45) is 2.62. The predicted octanol–water partition coefficient (Wildman–Crippen LogP) is 2.19. The SMILES string of the molecule is Cc1n[nH]c(C)c1NC(=O)CCc1ccco1. The quantitative estimate of drug-likeness (QED) is 0.850. The summed E-state index contributed by atoms with van der Waals surface area (Å²) in [5.41, 5.74) is 2.44. The molecule has 0 bridgehead atoms. The molecule has 0 aliphatic rings. The normalized spacial score (nSPS) is 10.5. The fourth-order valence-corrected chi connectivity index (χ4v) is 1.63. The Labute approximate surface area is 99.2 Å². The molecule has 0 aliphatic heterocycles. The van der Waals surface area contributed by atoms with E-state index < -0.39 is 0 Å². The first kappa shape index (κ1) is 11.4. The van der Waals surface area contributed by atoms with Gasteiger partial charge in [-0.15, -0.1) is 0 Å². The zero-order valence-electron chi connectivity index (χ0n) is 9.91. The van der Waals surface area contributed by atoms with Crippen molar-refractivity contribution in [2.24, 2.45) is 0 Å². The smallest absolute Gasteiger partial charge is 0.224 e. The lowest BCUT2D eigenvalue weighted by atomic mass is 10.2. The Morgan fingerprint density at radius 1 is 1.53 bits per heavy atom. The van der Waals surface area contributed by atoms with Gasteiger partial charge in [-0.1, -0.05) is 0 Å². The van der Waals surface area contributed by atoms with Crippen molar-refractivity contribution in [3.05, 3.63) is 35.5 Å². The van der Waals surface area contributed by atoms with Crippen molar-refractivity contribution in [3.63, 3.8) is 0 Å². The Morgan fingerprint density at radius 3 is 2.94 bits per heavy atom. The number of anilines is 1. The third-order valence-electron chi connectivity index (χ3n) is 2.57. The van der Waals surface area contributed by atoms with Crippen LogP contribution in [0, 0.1) is 13.8 Å². The highest BCUT2D eigenvalue weighted by Crippen LogP contribution is 2.16. The molecule has 0 saturated carbocycles. The minimum absolute atomic E-state index is 0.0333. The molecule has 5 heteroatoms. The van der Waals surface area contributed by atoms with Crippen molar-refractivity contribution >= 4 is 11.6 Å². The molecule has 2 N–H and O–H groups in total. The summed E-state index contributed by atoms with van der Waals surface area (Å²) in [4.78, 5) is 11.7. The van der Waals surface area contributed by atoms with E-state index in [9.17, 15) is 4.79 Å². The van der Waals surface area contributed by atoms with Crippen LogP contribution in [-0.2, 0) is 11.2 Å². The fourth-order valence-electron chi connectivity index (χ4n) is 1.63. The molecule has 2 heterocycles. The van der Waals surface area contributed by atoms with Gasteiger partial charge in [0, 0.05) is 12.8 Å². The standard InChI is InChI=1S/C12H15N3O2/c1-8-12(9(2)15-14-8)13-11(16)6-5-10-4-3-7-17-10/h3-4,7H,5-6H2,1-2H3,(H,13,16)(H,14,15). The van der Waals surface area contributed by atoms with E-state index in [0.29, 0.717) is 12.8 Å². The van der Waals surface area contributed by atoms with Gasteiger partial charge in [0.05, 0.1) is 23.3 Å². The maximum absolute atomic E-state index is 11.7. The molecule has 2 rings (SSSR count). The Bertz CT molecular complexity index is 480. The lowest BCUT2D eigenvalue weighted by Crippen LogP contribution is -2.13. The number of carbonyl (C=O) groups excluding carboxylic acids is 1. The molecule has 0 aliphatic carbocycles. The van der Waals surface area contributed by atoms with Crippen LogP contribution in [-0.4, -0.2) is 16.1 Å². The van der Waals surface area contributed by atoms with Crippen molar-refractivity contribution in [1.82, 2.24) is 10.2 Å². The predicted molar refractivity (Wildman–Crippen MR) is 63.7 cm³/mol. The number of amides is 1. The van der Waals surface area contributed by atoms with E-state index in [0.717, 1.165) is 22.8 Å². The first-order chi connectivity index (χ1) is 8.16. The van der Waals surface area contributed by atoms with E-state index in [1.807, 2.05) is 26.0 Å². The number of carbonyl (C=O) groups is 1. The lowest BCUT2D eigenvalue weighted by Gasteiger charge is -2.04. The highest BCUT2D eigenvalue weighted by atomic mass is 16.3. The fraction of sp³-hybridized carbons (Fsp3) is 0.333. The molecule has 0 radical (unpaired) electrons. The summed E-state index contributed by atoms with van der Waals surface area (Å²) in [7, 11) is 0. The summed E-state index contributed by atoms with van der Waals surface area (Å²) < 4.78 is 5.17. The van der Waals surface area contributed by atoms with E-state index in [1.165, 1.54) is 0 Å². The van der Waals surface area contributed by atoms with Crippen LogP contribution in [0.2, 0.25) is 0 Å². The number of nitrogens with one attached hydrogen (secondary N) is 2. The van der Waals surface area contributed by atoms with Gasteiger partial charge < -0.3 is 9.73 Å². The first-order valence-electron chi connectivity index (χ1n) is 5.50. The van der Waals surface area contributed by atoms with Gasteiger partial charge in [-0.25, -0.2) is 0 Å². The molecule has 0 spiro atoms. The van der Waals surface area contributed by atoms with Crippen LogP contribution in [0.25, 0.3) is 0 Å². The van der Waals surface area contributed by atoms with Crippen molar-refractivity contribution in [2.45, 2.75) is 26.7 Å². The number of aryl methyl sites for hydroxylation is 3. The summed E-state index contributed by atoms with van der Waals surface area (Å²) >= 11 is 0. The summed E-state index contributed by atoms with van der Waals surface area (Å²) in [6.45, 7) is 3.73. The summed E-state index contributed by atoms with van der Waals surface area (Å²) in [5, 5.41) is 9.70. The van der Waals surface area contributed by atoms with Crippen molar-refractivity contribution in [1.29, 1.82) is 0 Å². The van der Waals surface area contributed by atoms with Gasteiger partial charge in [0.15, 0.2) is 0 Å². The molecular formula is C12H15N3O2. The van der Waals surface area contributed by atoms with Gasteiger partial charge >= 0.3 is 0 Å². The second-order valence-electron chi connectivity index (χ2n) is 3.94. The second-order valence-corrected chi connectivity index (χ2v) is 3.94. The summed E-state index contributed by atoms with van der Waals surface area (Å²) in [6, 6.07) is 3.68. The minimum atomic E-state index is -0.0333. The van der Waals surface area contributed by atoms with E-state index in [4.69, 9.17) is 4.42 Å². The van der Waals surface area contributed by atoms with Crippen LogP contribution in [0.15, 0.2) is 22.8 Å². The van der Waals surface area contributed by atoms with E-state index in [-0.39, 0.29) is 5.91 Å². The number of furan rings is 1. The lowest BCUT2D eigenvalue weighted by molar-refractivity contribution is -0.116. The zero-order valence-corrected chi connectivity index (χ0v) is 9.91. The summed E-state index contributed by atoms with van der Waals surface area (Å²) in [5.74, 6) is 0.787. The molecule has 0 aromatic carbocycles. The zero-order chi connectivity index (χ0) is 12.3. The molecule has 5 nitrogen and oxygen atoms in total. The molecule has 2 aromatic rings. The van der Waals surface area contributed by atoms with E-state index in [1.54, 1.807) is 6.26 Å². The van der Waals surface area contributed by atoms with Crippen molar-refractivity contribution < 1.29 is 9.21 Å². The maximum atomic E-state index is 11.7. The van der Waals surface area contributed by atoms with Gasteiger partial charge in [0.2, 0.25) is 5.91 Å². The van der Waals surface area contributed by atoms with Crippen LogP contribution in [0.1, 0.15) is 23.6 Å². The van der Waals surface area contributed by atoms with Crippen LogP contribution < -0.4 is 5.32 Å². The minimum Gasteiger partial charge on any atom is -0.469 e. The average molecular weight is 233 g/mol. The first-order valence-corrected chi connectivity index (χ1v) is 5.50. The highest BCUT2D eigenvalue weighted by molar-refractivity contribution is 5.91. The number of hydrogen-bond acceptors (Lipinski definition) is 3. The number of nitrogens with zero attached hydrogens (tertiary/aromatic N) is 1. The number of rotatable bonds is 4. The van der Waals surface area contributed by atoms with E-state index in [2.05, 4.69) is 15.5 Å². The third kappa shape index (κ3) is 2.75. The van der Waals surface area contributed by atoms with Crippen molar-refractivity contribution in [2.75, 3.05) is 5.32 Å². The van der Waals surface area contributed by atoms with Gasteiger partial charge in [0.1, 0.15) is 5.76 Å². The van der Waals surface area contributed by atoms with Crippen LogP contribution in [0.4, 0.5) is 5.69 Å². The largest absolute Gasteiger partial charge is 0.469 e. The number of aromatic nitrogens is 2. The molecule has 90 valence electrons. The Hall–Kier alpha value is -2.04. The highest BCUT2D eigenvalue weighted by Gasteiger charge is 2.10. The topological polar surface area (TPSA) is 70.9 Å². The van der Waals surface area contributed by atoms with Gasteiger partial charge in [0.25, 0.3) is 0 Å². The molecular weight excluding hydrogens is 218 g/mol. The van der Waals surface area contributed by atoms with E-state index >= 15 is 0 Å². The maximum Gasteiger partial charge on any atom is 0.224 e. The number of hydrogen-bond donors (Lipinski definition) is 2. The molecule has 2 aromatic heterocycles. The number of H-pyrrole nitrogens is 1.